The van der Waals surface area contributed by atoms with Gasteiger partial charge in [-0.1, -0.05) is 37.6 Å². The Kier molecular flexibility index (Phi) is 4.86. The second-order valence-electron chi connectivity index (χ2n) is 5.68. The van der Waals surface area contributed by atoms with Gasteiger partial charge in [0.15, 0.2) is 5.58 Å². The molecule has 0 spiro atoms. The van der Waals surface area contributed by atoms with E-state index in [0.717, 1.165) is 18.4 Å². The zero-order valence-electron chi connectivity index (χ0n) is 13.7. The lowest BCUT2D eigenvalue weighted by Crippen LogP contribution is -2.21. The summed E-state index contributed by atoms with van der Waals surface area (Å²) < 4.78 is 5.82. The van der Waals surface area contributed by atoms with Gasteiger partial charge in [-0.2, -0.15) is 0 Å². The van der Waals surface area contributed by atoms with Crippen molar-refractivity contribution in [2.45, 2.75) is 26.7 Å². The molecule has 0 aliphatic heterocycles. The van der Waals surface area contributed by atoms with E-state index >= 15 is 0 Å². The van der Waals surface area contributed by atoms with Gasteiger partial charge in [-0.15, -0.1) is 0 Å². The number of carbonyl (C=O) groups excluding carboxylic acids is 1. The largest absolute Gasteiger partial charge is 0.436 e. The van der Waals surface area contributed by atoms with Crippen LogP contribution in [0.4, 0.5) is 5.69 Å². The minimum Gasteiger partial charge on any atom is -0.436 e. The van der Waals surface area contributed by atoms with E-state index in [1.807, 2.05) is 38.1 Å². The van der Waals surface area contributed by atoms with Crippen LogP contribution in [0.15, 0.2) is 46.9 Å². The molecule has 1 heterocycles. The lowest BCUT2D eigenvalue weighted by atomic mass is 10.0. The molecule has 1 amide bonds. The number of amides is 1. The highest BCUT2D eigenvalue weighted by Crippen LogP contribution is 2.31. The summed E-state index contributed by atoms with van der Waals surface area (Å²) in [6.07, 6.45) is 1.62. The lowest BCUT2D eigenvalue weighted by Gasteiger charge is -2.14. The molecule has 3 aromatic rings. The molecule has 0 fully saturated rings. The van der Waals surface area contributed by atoms with Crippen LogP contribution < -0.4 is 5.32 Å². The first-order valence-corrected chi connectivity index (χ1v) is 8.46. The molecule has 24 heavy (non-hydrogen) atoms. The number of hydrogen-bond acceptors (Lipinski definition) is 3. The van der Waals surface area contributed by atoms with E-state index in [1.54, 1.807) is 18.2 Å². The average Bonchev–Trinajstić information content (AvgIpc) is 2.99. The van der Waals surface area contributed by atoms with E-state index in [1.165, 1.54) is 0 Å². The number of fused-ring (bicyclic) bond motifs is 1. The molecular formula is C19H19ClN2O2. The summed E-state index contributed by atoms with van der Waals surface area (Å²) in [4.78, 5) is 16.9. The van der Waals surface area contributed by atoms with E-state index in [4.69, 9.17) is 16.0 Å². The highest BCUT2D eigenvalue weighted by Gasteiger charge is 2.18. The van der Waals surface area contributed by atoms with Crippen molar-refractivity contribution < 1.29 is 9.21 Å². The maximum absolute atomic E-state index is 12.4. The number of aromatic nitrogens is 1. The molecule has 0 aliphatic carbocycles. The van der Waals surface area contributed by atoms with Gasteiger partial charge in [0, 0.05) is 10.9 Å². The summed E-state index contributed by atoms with van der Waals surface area (Å²) in [5, 5.41) is 3.61. The number of para-hydroxylation sites is 1. The first-order valence-electron chi connectivity index (χ1n) is 8.08. The topological polar surface area (TPSA) is 55.1 Å². The van der Waals surface area contributed by atoms with Crippen LogP contribution in [0.3, 0.4) is 0 Å². The Morgan fingerprint density at radius 1 is 1.21 bits per heavy atom. The van der Waals surface area contributed by atoms with Crippen molar-refractivity contribution in [3.63, 3.8) is 0 Å². The van der Waals surface area contributed by atoms with Gasteiger partial charge < -0.3 is 9.73 Å². The van der Waals surface area contributed by atoms with Gasteiger partial charge in [0.25, 0.3) is 0 Å². The van der Waals surface area contributed by atoms with Crippen LogP contribution >= 0.6 is 11.6 Å². The lowest BCUT2D eigenvalue weighted by molar-refractivity contribution is -0.120. The van der Waals surface area contributed by atoms with Crippen molar-refractivity contribution in [3.05, 3.63) is 47.5 Å². The number of oxazole rings is 1. The summed E-state index contributed by atoms with van der Waals surface area (Å²) in [5.41, 5.74) is 2.81. The minimum absolute atomic E-state index is 0.000458. The molecule has 3 rings (SSSR count). The SMILES string of the molecule is CCC(CC)C(=O)Nc1ccccc1-c1nc2cc(Cl)ccc2o1. The quantitative estimate of drug-likeness (QED) is 0.663. The molecule has 0 unspecified atom stereocenters. The van der Waals surface area contributed by atoms with Gasteiger partial charge in [-0.3, -0.25) is 4.79 Å². The minimum atomic E-state index is 0.000458. The van der Waals surface area contributed by atoms with Gasteiger partial charge in [0.2, 0.25) is 11.8 Å². The van der Waals surface area contributed by atoms with Crippen LogP contribution in [0.2, 0.25) is 5.02 Å². The zero-order chi connectivity index (χ0) is 17.1. The molecular weight excluding hydrogens is 324 g/mol. The van der Waals surface area contributed by atoms with Crippen LogP contribution in [0.25, 0.3) is 22.6 Å². The molecule has 124 valence electrons. The Morgan fingerprint density at radius 2 is 1.96 bits per heavy atom. The predicted molar refractivity (Wildman–Crippen MR) is 97.2 cm³/mol. The van der Waals surface area contributed by atoms with Gasteiger partial charge in [0.05, 0.1) is 11.3 Å². The summed E-state index contributed by atoms with van der Waals surface area (Å²) >= 11 is 6.00. The second kappa shape index (κ2) is 7.05. The van der Waals surface area contributed by atoms with Crippen LogP contribution in [0, 0.1) is 5.92 Å². The van der Waals surface area contributed by atoms with Crippen LogP contribution in [-0.4, -0.2) is 10.9 Å². The number of benzene rings is 2. The second-order valence-corrected chi connectivity index (χ2v) is 6.12. The molecule has 0 atom stereocenters. The van der Waals surface area contributed by atoms with Gasteiger partial charge in [-0.05, 0) is 43.2 Å². The zero-order valence-corrected chi connectivity index (χ0v) is 14.4. The smallest absolute Gasteiger partial charge is 0.229 e. The Bertz CT molecular complexity index is 869. The third-order valence-corrected chi connectivity index (χ3v) is 4.36. The average molecular weight is 343 g/mol. The molecule has 0 saturated carbocycles. The highest BCUT2D eigenvalue weighted by atomic mass is 35.5. The van der Waals surface area contributed by atoms with Crippen LogP contribution in [0.5, 0.6) is 0 Å². The Hall–Kier alpha value is -2.33. The van der Waals surface area contributed by atoms with Crippen molar-refractivity contribution in [2.75, 3.05) is 5.32 Å². The van der Waals surface area contributed by atoms with Crippen LogP contribution in [-0.2, 0) is 4.79 Å². The fourth-order valence-corrected chi connectivity index (χ4v) is 2.85. The first kappa shape index (κ1) is 16.5. The van der Waals surface area contributed by atoms with E-state index in [2.05, 4.69) is 10.3 Å². The van der Waals surface area contributed by atoms with Crippen molar-refractivity contribution in [2.24, 2.45) is 5.92 Å². The molecule has 0 radical (unpaired) electrons. The van der Waals surface area contributed by atoms with Crippen molar-refractivity contribution in [1.82, 2.24) is 4.98 Å². The number of nitrogens with zero attached hydrogens (tertiary/aromatic N) is 1. The Morgan fingerprint density at radius 3 is 2.71 bits per heavy atom. The number of hydrogen-bond donors (Lipinski definition) is 1. The van der Waals surface area contributed by atoms with Crippen molar-refractivity contribution in [1.29, 1.82) is 0 Å². The fourth-order valence-electron chi connectivity index (χ4n) is 2.69. The normalized spacial score (nSPS) is 11.2. The van der Waals surface area contributed by atoms with Crippen molar-refractivity contribution in [3.8, 4) is 11.5 Å². The maximum atomic E-state index is 12.4. The summed E-state index contributed by atoms with van der Waals surface area (Å²) in [6.45, 7) is 4.04. The Balaban J connectivity index is 1.97. The standard InChI is InChI=1S/C19H19ClN2O2/c1-3-12(4-2)18(23)21-15-8-6-5-7-14(15)19-22-16-11-13(20)9-10-17(16)24-19/h5-12H,3-4H2,1-2H3,(H,21,23). The number of carbonyl (C=O) groups is 1. The first-order chi connectivity index (χ1) is 11.6. The molecule has 1 N–H and O–H groups in total. The van der Waals surface area contributed by atoms with Gasteiger partial charge >= 0.3 is 0 Å². The monoisotopic (exact) mass is 342 g/mol. The fraction of sp³-hybridized carbons (Fsp3) is 0.263. The van der Waals surface area contributed by atoms with E-state index in [0.29, 0.717) is 27.7 Å². The van der Waals surface area contributed by atoms with E-state index in [9.17, 15) is 4.79 Å². The van der Waals surface area contributed by atoms with E-state index in [-0.39, 0.29) is 11.8 Å². The predicted octanol–water partition coefficient (Wildman–Crippen LogP) is 5.52. The number of halogens is 1. The van der Waals surface area contributed by atoms with E-state index < -0.39 is 0 Å². The summed E-state index contributed by atoms with van der Waals surface area (Å²) in [7, 11) is 0. The molecule has 0 saturated heterocycles. The number of rotatable bonds is 5. The molecule has 0 bridgehead atoms. The number of nitrogens with one attached hydrogen (secondary N) is 1. The molecule has 4 nitrogen and oxygen atoms in total. The number of anilines is 1. The van der Waals surface area contributed by atoms with Gasteiger partial charge in [0.1, 0.15) is 5.52 Å². The Labute approximate surface area is 145 Å². The van der Waals surface area contributed by atoms with Crippen LogP contribution in [0.1, 0.15) is 26.7 Å². The molecule has 5 heteroatoms. The molecule has 2 aromatic carbocycles. The van der Waals surface area contributed by atoms with Crippen molar-refractivity contribution >= 4 is 34.3 Å². The summed E-state index contributed by atoms with van der Waals surface area (Å²) in [6, 6.07) is 12.8. The van der Waals surface area contributed by atoms with Gasteiger partial charge in [-0.25, -0.2) is 4.98 Å². The third-order valence-electron chi connectivity index (χ3n) is 4.12. The third kappa shape index (κ3) is 3.29. The molecule has 0 aliphatic rings. The molecule has 1 aromatic heterocycles. The highest BCUT2D eigenvalue weighted by molar-refractivity contribution is 6.31. The maximum Gasteiger partial charge on any atom is 0.229 e. The summed E-state index contributed by atoms with van der Waals surface area (Å²) in [5.74, 6) is 0.486.